The SMILES string of the molecule is COC(=O)CCCOC(=O)COc1ccccc1N. The quantitative estimate of drug-likeness (QED) is 0.453. The van der Waals surface area contributed by atoms with Crippen molar-refractivity contribution in [3.05, 3.63) is 24.3 Å². The third kappa shape index (κ3) is 5.76. The number of nitrogen functional groups attached to an aromatic ring is 1. The number of hydrogen-bond donors (Lipinski definition) is 1. The maximum absolute atomic E-state index is 11.3. The van der Waals surface area contributed by atoms with Crippen LogP contribution >= 0.6 is 0 Å². The molecule has 0 spiro atoms. The van der Waals surface area contributed by atoms with Gasteiger partial charge in [0.15, 0.2) is 6.61 Å². The summed E-state index contributed by atoms with van der Waals surface area (Å²) in [4.78, 5) is 22.1. The van der Waals surface area contributed by atoms with Gasteiger partial charge in [0.2, 0.25) is 0 Å². The summed E-state index contributed by atoms with van der Waals surface area (Å²) in [7, 11) is 1.31. The van der Waals surface area contributed by atoms with E-state index in [0.29, 0.717) is 17.9 Å². The van der Waals surface area contributed by atoms with Gasteiger partial charge < -0.3 is 19.9 Å². The van der Waals surface area contributed by atoms with Crippen molar-refractivity contribution in [1.29, 1.82) is 0 Å². The van der Waals surface area contributed by atoms with E-state index < -0.39 is 5.97 Å². The molecule has 1 aromatic rings. The molecule has 6 heteroatoms. The average Bonchev–Trinajstić information content (AvgIpc) is 2.42. The zero-order chi connectivity index (χ0) is 14.1. The van der Waals surface area contributed by atoms with Gasteiger partial charge in [-0.05, 0) is 18.6 Å². The van der Waals surface area contributed by atoms with Crippen molar-refractivity contribution in [3.8, 4) is 5.75 Å². The first-order valence-electron chi connectivity index (χ1n) is 5.83. The number of carbonyl (C=O) groups is 2. The second kappa shape index (κ2) is 7.97. The first-order valence-corrected chi connectivity index (χ1v) is 5.83. The van der Waals surface area contributed by atoms with Crippen LogP contribution in [0.1, 0.15) is 12.8 Å². The van der Waals surface area contributed by atoms with Gasteiger partial charge in [-0.2, -0.15) is 0 Å². The third-order valence-corrected chi connectivity index (χ3v) is 2.28. The summed E-state index contributed by atoms with van der Waals surface area (Å²) in [5, 5.41) is 0. The van der Waals surface area contributed by atoms with E-state index in [4.69, 9.17) is 15.2 Å². The molecule has 0 unspecified atom stereocenters. The molecule has 0 saturated heterocycles. The zero-order valence-corrected chi connectivity index (χ0v) is 10.8. The Morgan fingerprint density at radius 3 is 2.63 bits per heavy atom. The van der Waals surface area contributed by atoms with Crippen molar-refractivity contribution in [2.45, 2.75) is 12.8 Å². The fraction of sp³-hybridized carbons (Fsp3) is 0.385. The van der Waals surface area contributed by atoms with E-state index >= 15 is 0 Å². The topological polar surface area (TPSA) is 87.8 Å². The number of nitrogens with two attached hydrogens (primary N) is 1. The van der Waals surface area contributed by atoms with E-state index in [1.54, 1.807) is 24.3 Å². The molecule has 0 aliphatic heterocycles. The Hall–Kier alpha value is -2.24. The zero-order valence-electron chi connectivity index (χ0n) is 10.8. The van der Waals surface area contributed by atoms with E-state index in [1.807, 2.05) is 0 Å². The molecule has 0 fully saturated rings. The number of methoxy groups -OCH3 is 1. The molecule has 104 valence electrons. The van der Waals surface area contributed by atoms with Crippen LogP contribution in [-0.4, -0.2) is 32.3 Å². The highest BCUT2D eigenvalue weighted by atomic mass is 16.6. The third-order valence-electron chi connectivity index (χ3n) is 2.28. The second-order valence-electron chi connectivity index (χ2n) is 3.73. The van der Waals surface area contributed by atoms with Crippen molar-refractivity contribution in [2.75, 3.05) is 26.1 Å². The van der Waals surface area contributed by atoms with Crippen LogP contribution < -0.4 is 10.5 Å². The van der Waals surface area contributed by atoms with Gasteiger partial charge in [0.05, 0.1) is 19.4 Å². The van der Waals surface area contributed by atoms with Crippen molar-refractivity contribution < 1.29 is 23.8 Å². The highest BCUT2D eigenvalue weighted by molar-refractivity contribution is 5.71. The van der Waals surface area contributed by atoms with E-state index in [1.165, 1.54) is 7.11 Å². The van der Waals surface area contributed by atoms with Gasteiger partial charge in [-0.3, -0.25) is 4.79 Å². The Morgan fingerprint density at radius 2 is 1.95 bits per heavy atom. The van der Waals surface area contributed by atoms with Crippen molar-refractivity contribution >= 4 is 17.6 Å². The molecule has 0 amide bonds. The van der Waals surface area contributed by atoms with Crippen LogP contribution in [0.25, 0.3) is 0 Å². The molecular weight excluding hydrogens is 250 g/mol. The molecule has 0 aliphatic carbocycles. The minimum absolute atomic E-state index is 0.154. The fourth-order valence-corrected chi connectivity index (χ4v) is 1.29. The number of anilines is 1. The number of esters is 2. The number of benzene rings is 1. The van der Waals surface area contributed by atoms with Crippen molar-refractivity contribution in [1.82, 2.24) is 0 Å². The Labute approximate surface area is 111 Å². The van der Waals surface area contributed by atoms with Crippen LogP contribution in [0.5, 0.6) is 5.75 Å². The molecule has 2 N–H and O–H groups in total. The van der Waals surface area contributed by atoms with E-state index in [9.17, 15) is 9.59 Å². The molecule has 0 saturated carbocycles. The van der Waals surface area contributed by atoms with Gasteiger partial charge in [0.1, 0.15) is 5.75 Å². The Kier molecular flexibility index (Phi) is 6.21. The summed E-state index contributed by atoms with van der Waals surface area (Å²) in [5.74, 6) is -0.397. The maximum atomic E-state index is 11.3. The highest BCUT2D eigenvalue weighted by Gasteiger charge is 2.07. The molecule has 0 heterocycles. The Bertz CT molecular complexity index is 433. The minimum Gasteiger partial charge on any atom is -0.480 e. The summed E-state index contributed by atoms with van der Waals surface area (Å²) in [5.41, 5.74) is 6.11. The van der Waals surface area contributed by atoms with Gasteiger partial charge in [-0.15, -0.1) is 0 Å². The summed E-state index contributed by atoms with van der Waals surface area (Å²) >= 11 is 0. The Balaban J connectivity index is 2.18. The van der Waals surface area contributed by atoms with Crippen molar-refractivity contribution in [2.24, 2.45) is 0 Å². The smallest absolute Gasteiger partial charge is 0.344 e. The van der Waals surface area contributed by atoms with Crippen LogP contribution in [0.3, 0.4) is 0 Å². The first kappa shape index (κ1) is 14.8. The van der Waals surface area contributed by atoms with Crippen LogP contribution in [0.15, 0.2) is 24.3 Å². The second-order valence-corrected chi connectivity index (χ2v) is 3.73. The number of carbonyl (C=O) groups excluding carboxylic acids is 2. The van der Waals surface area contributed by atoms with E-state index in [-0.39, 0.29) is 25.6 Å². The van der Waals surface area contributed by atoms with Crippen LogP contribution in [0.2, 0.25) is 0 Å². The lowest BCUT2D eigenvalue weighted by molar-refractivity contribution is -0.148. The molecule has 19 heavy (non-hydrogen) atoms. The summed E-state index contributed by atoms with van der Waals surface area (Å²) in [6.45, 7) is -0.0615. The van der Waals surface area contributed by atoms with Crippen LogP contribution in [0, 0.1) is 0 Å². The number of rotatable bonds is 7. The van der Waals surface area contributed by atoms with Gasteiger partial charge in [-0.25, -0.2) is 4.79 Å². The summed E-state index contributed by atoms with van der Waals surface area (Å²) in [6.07, 6.45) is 0.641. The number of hydrogen-bond acceptors (Lipinski definition) is 6. The predicted octanol–water partition coefficient (Wildman–Crippen LogP) is 1.14. The number of ether oxygens (including phenoxy) is 3. The van der Waals surface area contributed by atoms with Gasteiger partial charge in [0.25, 0.3) is 0 Å². The standard InChI is InChI=1S/C13H17NO5/c1-17-12(15)7-4-8-18-13(16)9-19-11-6-3-2-5-10(11)14/h2-3,5-6H,4,7-9,14H2,1H3. The molecule has 0 aliphatic rings. The lowest BCUT2D eigenvalue weighted by atomic mass is 10.3. The molecule has 0 aromatic heterocycles. The molecule has 0 radical (unpaired) electrons. The molecular formula is C13H17NO5. The predicted molar refractivity (Wildman–Crippen MR) is 68.6 cm³/mol. The summed E-state index contributed by atoms with van der Waals surface area (Å²) in [6, 6.07) is 6.87. The maximum Gasteiger partial charge on any atom is 0.344 e. The average molecular weight is 267 g/mol. The number of para-hydroxylation sites is 2. The van der Waals surface area contributed by atoms with E-state index in [0.717, 1.165) is 0 Å². The van der Waals surface area contributed by atoms with Gasteiger partial charge in [-0.1, -0.05) is 12.1 Å². The molecule has 0 bridgehead atoms. The first-order chi connectivity index (χ1) is 9.13. The Morgan fingerprint density at radius 1 is 1.21 bits per heavy atom. The molecule has 0 atom stereocenters. The molecule has 1 aromatic carbocycles. The molecule has 6 nitrogen and oxygen atoms in total. The van der Waals surface area contributed by atoms with Crippen molar-refractivity contribution in [3.63, 3.8) is 0 Å². The normalized spacial score (nSPS) is 9.74. The van der Waals surface area contributed by atoms with E-state index in [2.05, 4.69) is 4.74 Å². The minimum atomic E-state index is -0.506. The monoisotopic (exact) mass is 267 g/mol. The van der Waals surface area contributed by atoms with Crippen LogP contribution in [0.4, 0.5) is 5.69 Å². The molecule has 1 rings (SSSR count). The van der Waals surface area contributed by atoms with Crippen LogP contribution in [-0.2, 0) is 19.1 Å². The lowest BCUT2D eigenvalue weighted by Crippen LogP contribution is -2.16. The fourth-order valence-electron chi connectivity index (χ4n) is 1.29. The lowest BCUT2D eigenvalue weighted by Gasteiger charge is -2.08. The highest BCUT2D eigenvalue weighted by Crippen LogP contribution is 2.19. The van der Waals surface area contributed by atoms with Gasteiger partial charge in [0, 0.05) is 6.42 Å². The van der Waals surface area contributed by atoms with Gasteiger partial charge >= 0.3 is 11.9 Å². The summed E-state index contributed by atoms with van der Waals surface area (Å²) < 4.78 is 14.6. The largest absolute Gasteiger partial charge is 0.480 e.